The summed E-state index contributed by atoms with van der Waals surface area (Å²) in [5.74, 6) is -0.735. The molecule has 0 spiro atoms. The highest BCUT2D eigenvalue weighted by molar-refractivity contribution is 5.91. The van der Waals surface area contributed by atoms with Gasteiger partial charge < -0.3 is 14.2 Å². The molecule has 5 heteroatoms. The van der Waals surface area contributed by atoms with Gasteiger partial charge in [-0.15, -0.1) is 0 Å². The fourth-order valence-electron chi connectivity index (χ4n) is 1.22. The monoisotopic (exact) mass is 255 g/mol. The largest absolute Gasteiger partial charge is 0.432 e. The van der Waals surface area contributed by atoms with Gasteiger partial charge in [0.1, 0.15) is 11.6 Å². The van der Waals surface area contributed by atoms with Gasteiger partial charge in [-0.25, -0.2) is 4.79 Å². The quantitative estimate of drug-likeness (QED) is 0.273. The number of carbonyl (C=O) groups excluding carboxylic acids is 1. The summed E-state index contributed by atoms with van der Waals surface area (Å²) < 4.78 is 15.7. The summed E-state index contributed by atoms with van der Waals surface area (Å²) >= 11 is 0. The molecule has 0 fully saturated rings. The van der Waals surface area contributed by atoms with Crippen LogP contribution in [0, 0.1) is 11.3 Å². The summed E-state index contributed by atoms with van der Waals surface area (Å²) in [4.78, 5) is 11.4. The predicted molar refractivity (Wildman–Crippen MR) is 66.6 cm³/mol. The summed E-state index contributed by atoms with van der Waals surface area (Å²) in [5.41, 5.74) is -0.224. The van der Waals surface area contributed by atoms with Gasteiger partial charge in [0.2, 0.25) is 6.29 Å². The van der Waals surface area contributed by atoms with Gasteiger partial charge >= 0.3 is 5.97 Å². The van der Waals surface area contributed by atoms with Gasteiger partial charge in [-0.2, -0.15) is 5.26 Å². The van der Waals surface area contributed by atoms with Crippen molar-refractivity contribution < 1.29 is 19.0 Å². The number of carbonyl (C=O) groups is 1. The van der Waals surface area contributed by atoms with Crippen LogP contribution in [0.2, 0.25) is 0 Å². The minimum absolute atomic E-state index is 0.0257. The summed E-state index contributed by atoms with van der Waals surface area (Å²) in [6, 6.07) is 1.65. The molecule has 5 nitrogen and oxygen atoms in total. The zero-order valence-corrected chi connectivity index (χ0v) is 11.3. The second kappa shape index (κ2) is 9.63. The van der Waals surface area contributed by atoms with E-state index < -0.39 is 12.3 Å². The summed E-state index contributed by atoms with van der Waals surface area (Å²) in [6.07, 6.45) is 1.51. The van der Waals surface area contributed by atoms with Gasteiger partial charge in [-0.3, -0.25) is 0 Å². The van der Waals surface area contributed by atoms with Gasteiger partial charge in [0.25, 0.3) is 0 Å². The molecule has 18 heavy (non-hydrogen) atoms. The fourth-order valence-corrected chi connectivity index (χ4v) is 1.22. The maximum atomic E-state index is 11.4. The molecule has 0 aliphatic heterocycles. The highest BCUT2D eigenvalue weighted by Crippen LogP contribution is 2.09. The number of methoxy groups -OCH3 is 1. The van der Waals surface area contributed by atoms with E-state index in [1.165, 1.54) is 0 Å². The number of ether oxygens (including phenoxy) is 3. The van der Waals surface area contributed by atoms with Crippen molar-refractivity contribution >= 4 is 5.97 Å². The number of hydrogen-bond acceptors (Lipinski definition) is 5. The minimum atomic E-state index is -0.735. The molecule has 2 atom stereocenters. The molecule has 0 heterocycles. The van der Waals surface area contributed by atoms with E-state index in [0.717, 1.165) is 12.8 Å². The van der Waals surface area contributed by atoms with Crippen LogP contribution in [-0.4, -0.2) is 32.1 Å². The molecule has 102 valence electrons. The normalized spacial score (nSPS) is 13.4. The first-order valence-corrected chi connectivity index (χ1v) is 6.03. The summed E-state index contributed by atoms with van der Waals surface area (Å²) in [7, 11) is 1.61. The molecule has 0 amide bonds. The van der Waals surface area contributed by atoms with Crippen LogP contribution in [0.15, 0.2) is 12.2 Å². The molecular weight excluding hydrogens is 234 g/mol. The Morgan fingerprint density at radius 3 is 2.56 bits per heavy atom. The van der Waals surface area contributed by atoms with Crippen LogP contribution in [0.3, 0.4) is 0 Å². The standard InChI is InChI=1S/C13H21NO4/c1-5-7-12(17-9-11(6-2)16-4)18-13(15)10(3)8-14/h11-12H,3,5-7,9H2,1-2,4H3. The predicted octanol–water partition coefficient (Wildman–Crippen LogP) is 2.18. The molecule has 0 aliphatic carbocycles. The Bertz CT molecular complexity index is 305. The summed E-state index contributed by atoms with van der Waals surface area (Å²) in [5, 5.41) is 8.53. The van der Waals surface area contributed by atoms with E-state index in [4.69, 9.17) is 19.5 Å². The van der Waals surface area contributed by atoms with Crippen molar-refractivity contribution in [2.45, 2.75) is 45.5 Å². The van der Waals surface area contributed by atoms with Crippen LogP contribution in [0.1, 0.15) is 33.1 Å². The van der Waals surface area contributed by atoms with Crippen molar-refractivity contribution in [1.82, 2.24) is 0 Å². The molecule has 2 unspecified atom stereocenters. The van der Waals surface area contributed by atoms with E-state index in [9.17, 15) is 4.79 Å². The van der Waals surface area contributed by atoms with Crippen LogP contribution in [0.5, 0.6) is 0 Å². The molecule has 0 N–H and O–H groups in total. The van der Waals surface area contributed by atoms with Crippen LogP contribution in [-0.2, 0) is 19.0 Å². The highest BCUT2D eigenvalue weighted by Gasteiger charge is 2.18. The van der Waals surface area contributed by atoms with Crippen LogP contribution < -0.4 is 0 Å². The minimum Gasteiger partial charge on any atom is -0.432 e. The molecule has 0 radical (unpaired) electrons. The number of nitriles is 1. The van der Waals surface area contributed by atoms with Crippen molar-refractivity contribution in [1.29, 1.82) is 5.26 Å². The van der Waals surface area contributed by atoms with Crippen LogP contribution in [0.4, 0.5) is 0 Å². The van der Waals surface area contributed by atoms with Crippen molar-refractivity contribution in [3.63, 3.8) is 0 Å². The maximum absolute atomic E-state index is 11.4. The second-order valence-electron chi connectivity index (χ2n) is 3.81. The van der Waals surface area contributed by atoms with Gasteiger partial charge in [0.15, 0.2) is 0 Å². The lowest BCUT2D eigenvalue weighted by atomic mass is 10.3. The topological polar surface area (TPSA) is 68.6 Å². The lowest BCUT2D eigenvalue weighted by Crippen LogP contribution is -2.27. The van der Waals surface area contributed by atoms with E-state index in [2.05, 4.69) is 6.58 Å². The Labute approximate surface area is 108 Å². The van der Waals surface area contributed by atoms with E-state index in [1.807, 2.05) is 13.8 Å². The molecule has 0 aliphatic rings. The zero-order valence-electron chi connectivity index (χ0n) is 11.3. The molecule has 0 rings (SSSR count). The van der Waals surface area contributed by atoms with Gasteiger partial charge in [-0.1, -0.05) is 26.8 Å². The average Bonchev–Trinajstić information content (AvgIpc) is 2.38. The third-order valence-corrected chi connectivity index (χ3v) is 2.40. The highest BCUT2D eigenvalue weighted by atomic mass is 16.7. The smallest absolute Gasteiger partial charge is 0.350 e. The number of nitrogens with zero attached hydrogens (tertiary/aromatic N) is 1. The van der Waals surface area contributed by atoms with Crippen LogP contribution in [0.25, 0.3) is 0 Å². The molecule has 0 bridgehead atoms. The number of esters is 1. The third-order valence-electron chi connectivity index (χ3n) is 2.40. The third kappa shape index (κ3) is 6.38. The van der Waals surface area contributed by atoms with Crippen molar-refractivity contribution in [3.05, 3.63) is 12.2 Å². The molecule has 0 saturated carbocycles. The maximum Gasteiger partial charge on any atom is 0.350 e. The zero-order chi connectivity index (χ0) is 14.0. The van der Waals surface area contributed by atoms with E-state index in [-0.39, 0.29) is 11.7 Å². The fraction of sp³-hybridized carbons (Fsp3) is 0.692. The second-order valence-corrected chi connectivity index (χ2v) is 3.81. The molecule has 0 aromatic rings. The molecule has 0 aromatic carbocycles. The Morgan fingerprint density at radius 1 is 1.44 bits per heavy atom. The van der Waals surface area contributed by atoms with Crippen molar-refractivity contribution in [2.75, 3.05) is 13.7 Å². The van der Waals surface area contributed by atoms with Gasteiger partial charge in [0, 0.05) is 13.5 Å². The van der Waals surface area contributed by atoms with E-state index >= 15 is 0 Å². The van der Waals surface area contributed by atoms with E-state index in [1.54, 1.807) is 13.2 Å². The first-order valence-electron chi connectivity index (χ1n) is 6.03. The lowest BCUT2D eigenvalue weighted by Gasteiger charge is -2.20. The first kappa shape index (κ1) is 16.6. The van der Waals surface area contributed by atoms with Crippen LogP contribution >= 0.6 is 0 Å². The number of hydrogen-bond donors (Lipinski definition) is 0. The molecule has 0 saturated heterocycles. The Hall–Kier alpha value is -1.38. The number of rotatable bonds is 9. The average molecular weight is 255 g/mol. The van der Waals surface area contributed by atoms with Gasteiger partial charge in [-0.05, 0) is 6.42 Å². The van der Waals surface area contributed by atoms with Crippen molar-refractivity contribution in [3.8, 4) is 6.07 Å². The Kier molecular flexibility index (Phi) is 8.89. The Morgan fingerprint density at radius 2 is 2.11 bits per heavy atom. The Balaban J connectivity index is 4.26. The molecular formula is C13H21NO4. The lowest BCUT2D eigenvalue weighted by molar-refractivity contribution is -0.181. The first-order chi connectivity index (χ1) is 8.58. The SMILES string of the molecule is C=C(C#N)C(=O)OC(CCC)OCC(CC)OC. The van der Waals surface area contributed by atoms with E-state index in [0.29, 0.717) is 13.0 Å². The summed E-state index contributed by atoms with van der Waals surface area (Å²) in [6.45, 7) is 7.59. The van der Waals surface area contributed by atoms with Crippen molar-refractivity contribution in [2.24, 2.45) is 0 Å². The van der Waals surface area contributed by atoms with Gasteiger partial charge in [0.05, 0.1) is 12.7 Å². The molecule has 0 aromatic heterocycles.